The first-order valence-electron chi connectivity index (χ1n) is 6.02. The summed E-state index contributed by atoms with van der Waals surface area (Å²) in [7, 11) is 1.91. The monoisotopic (exact) mass is 233 g/mol. The van der Waals surface area contributed by atoms with E-state index in [0.717, 1.165) is 42.9 Å². The van der Waals surface area contributed by atoms with E-state index >= 15 is 0 Å². The Morgan fingerprint density at radius 1 is 1.29 bits per heavy atom. The molecule has 2 aromatic rings. The lowest BCUT2D eigenvalue weighted by Crippen LogP contribution is -1.98. The van der Waals surface area contributed by atoms with Crippen LogP contribution >= 0.6 is 0 Å². The summed E-state index contributed by atoms with van der Waals surface area (Å²) < 4.78 is 1.79. The Balaban J connectivity index is 1.92. The van der Waals surface area contributed by atoms with E-state index in [1.807, 2.05) is 25.6 Å². The Kier molecular flexibility index (Phi) is 3.93. The van der Waals surface area contributed by atoms with Gasteiger partial charge in [-0.1, -0.05) is 6.42 Å². The molecule has 3 N–H and O–H groups in total. The van der Waals surface area contributed by atoms with E-state index in [9.17, 15) is 0 Å². The van der Waals surface area contributed by atoms with Crippen molar-refractivity contribution >= 4 is 0 Å². The van der Waals surface area contributed by atoms with Crippen LogP contribution in [0.2, 0.25) is 0 Å². The lowest BCUT2D eigenvalue weighted by Gasteiger charge is -1.96. The summed E-state index contributed by atoms with van der Waals surface area (Å²) in [5, 5.41) is 4.14. The van der Waals surface area contributed by atoms with Crippen LogP contribution in [0, 0.1) is 0 Å². The topological polar surface area (TPSA) is 72.5 Å². The number of imidazole rings is 1. The van der Waals surface area contributed by atoms with Gasteiger partial charge < -0.3 is 10.7 Å². The number of H-pyrrole nitrogens is 1. The first-order chi connectivity index (χ1) is 8.29. The second kappa shape index (κ2) is 5.63. The van der Waals surface area contributed by atoms with E-state index < -0.39 is 0 Å². The molecule has 2 aromatic heterocycles. The molecule has 0 aromatic carbocycles. The number of nitrogens with two attached hydrogens (primary N) is 1. The smallest absolute Gasteiger partial charge is 0.106 e. The molecule has 0 bridgehead atoms. The Labute approximate surface area is 101 Å². The van der Waals surface area contributed by atoms with E-state index in [-0.39, 0.29) is 0 Å². The van der Waals surface area contributed by atoms with Crippen LogP contribution in [0.1, 0.15) is 25.1 Å². The maximum atomic E-state index is 5.46. The molecule has 0 atom stereocenters. The summed E-state index contributed by atoms with van der Waals surface area (Å²) in [5.41, 5.74) is 7.57. The Bertz CT molecular complexity index is 457. The predicted molar refractivity (Wildman–Crippen MR) is 67.4 cm³/mol. The highest BCUT2D eigenvalue weighted by molar-refractivity contribution is 5.55. The van der Waals surface area contributed by atoms with Gasteiger partial charge in [0, 0.05) is 25.2 Å². The summed E-state index contributed by atoms with van der Waals surface area (Å²) in [6.45, 7) is 0.777. The highest BCUT2D eigenvalue weighted by Gasteiger charge is 2.04. The Morgan fingerprint density at radius 2 is 2.18 bits per heavy atom. The van der Waals surface area contributed by atoms with Crippen LogP contribution in [0.5, 0.6) is 0 Å². The minimum absolute atomic E-state index is 0.777. The zero-order chi connectivity index (χ0) is 12.1. The second-order valence-electron chi connectivity index (χ2n) is 4.25. The molecule has 0 aliphatic heterocycles. The van der Waals surface area contributed by atoms with Gasteiger partial charge in [0.05, 0.1) is 18.1 Å². The molecule has 0 radical (unpaired) electrons. The highest BCUT2D eigenvalue weighted by atomic mass is 15.2. The molecule has 0 aliphatic carbocycles. The quantitative estimate of drug-likeness (QED) is 0.742. The average molecular weight is 233 g/mol. The normalized spacial score (nSPS) is 10.9. The molecule has 5 nitrogen and oxygen atoms in total. The maximum Gasteiger partial charge on any atom is 0.106 e. The van der Waals surface area contributed by atoms with Gasteiger partial charge in [0.15, 0.2) is 0 Å². The molecule has 2 heterocycles. The molecule has 92 valence electrons. The first-order valence-corrected chi connectivity index (χ1v) is 6.02. The molecule has 0 fully saturated rings. The lowest BCUT2D eigenvalue weighted by atomic mass is 10.2. The third-order valence-electron chi connectivity index (χ3n) is 2.76. The van der Waals surface area contributed by atoms with E-state index in [2.05, 4.69) is 15.1 Å². The Hall–Kier alpha value is -1.62. The molecule has 0 saturated carbocycles. The molecular formula is C12H19N5. The van der Waals surface area contributed by atoms with Gasteiger partial charge in [-0.25, -0.2) is 4.98 Å². The fraction of sp³-hybridized carbons (Fsp3) is 0.500. The van der Waals surface area contributed by atoms with Gasteiger partial charge in [-0.15, -0.1) is 0 Å². The van der Waals surface area contributed by atoms with Crippen LogP contribution in [0.3, 0.4) is 0 Å². The Morgan fingerprint density at radius 3 is 2.88 bits per heavy atom. The molecule has 0 saturated heterocycles. The molecule has 5 heteroatoms. The molecule has 0 aliphatic rings. The largest absolute Gasteiger partial charge is 0.342 e. The van der Waals surface area contributed by atoms with Crippen LogP contribution in [0.15, 0.2) is 18.6 Å². The fourth-order valence-corrected chi connectivity index (χ4v) is 1.81. The number of hydrogen-bond acceptors (Lipinski definition) is 3. The lowest BCUT2D eigenvalue weighted by molar-refractivity contribution is 0.673. The van der Waals surface area contributed by atoms with Crippen LogP contribution in [0.4, 0.5) is 0 Å². The summed E-state index contributed by atoms with van der Waals surface area (Å²) in [6, 6.07) is 0. The van der Waals surface area contributed by atoms with Gasteiger partial charge in [-0.2, -0.15) is 5.10 Å². The van der Waals surface area contributed by atoms with Crippen molar-refractivity contribution in [3.8, 4) is 11.3 Å². The number of unbranched alkanes of at least 4 members (excludes halogenated alkanes) is 2. The number of nitrogens with one attached hydrogen (secondary N) is 1. The third kappa shape index (κ3) is 3.17. The van der Waals surface area contributed by atoms with Crippen LogP contribution < -0.4 is 5.73 Å². The molecule has 17 heavy (non-hydrogen) atoms. The van der Waals surface area contributed by atoms with Crippen molar-refractivity contribution < 1.29 is 0 Å². The van der Waals surface area contributed by atoms with Gasteiger partial charge in [0.2, 0.25) is 0 Å². The fourth-order valence-electron chi connectivity index (χ4n) is 1.81. The molecule has 0 spiro atoms. The molecular weight excluding hydrogens is 214 g/mol. The third-order valence-corrected chi connectivity index (χ3v) is 2.76. The summed E-state index contributed by atoms with van der Waals surface area (Å²) in [6.07, 6.45) is 10.1. The van der Waals surface area contributed by atoms with Crippen LogP contribution in [-0.4, -0.2) is 26.3 Å². The van der Waals surface area contributed by atoms with Gasteiger partial charge in [-0.3, -0.25) is 4.68 Å². The summed E-state index contributed by atoms with van der Waals surface area (Å²) in [4.78, 5) is 7.70. The molecule has 0 amide bonds. The van der Waals surface area contributed by atoms with Crippen molar-refractivity contribution in [2.24, 2.45) is 12.8 Å². The van der Waals surface area contributed by atoms with Crippen molar-refractivity contribution in [2.75, 3.05) is 6.54 Å². The van der Waals surface area contributed by atoms with Crippen molar-refractivity contribution in [3.63, 3.8) is 0 Å². The van der Waals surface area contributed by atoms with Crippen molar-refractivity contribution in [3.05, 3.63) is 24.4 Å². The van der Waals surface area contributed by atoms with Crippen molar-refractivity contribution in [2.45, 2.75) is 25.7 Å². The zero-order valence-electron chi connectivity index (χ0n) is 10.2. The standard InChI is InChI=1S/C12H19N5/c1-17-9-10(7-15-17)11-8-14-12(16-11)5-3-2-4-6-13/h7-9H,2-6,13H2,1H3,(H,14,16). The number of nitrogens with zero attached hydrogens (tertiary/aromatic N) is 3. The van der Waals surface area contributed by atoms with Gasteiger partial charge >= 0.3 is 0 Å². The minimum atomic E-state index is 0.777. The summed E-state index contributed by atoms with van der Waals surface area (Å²) >= 11 is 0. The second-order valence-corrected chi connectivity index (χ2v) is 4.25. The van der Waals surface area contributed by atoms with Crippen molar-refractivity contribution in [1.82, 2.24) is 19.7 Å². The zero-order valence-corrected chi connectivity index (χ0v) is 10.2. The van der Waals surface area contributed by atoms with E-state index in [1.54, 1.807) is 4.68 Å². The predicted octanol–water partition coefficient (Wildman–Crippen LogP) is 1.48. The van der Waals surface area contributed by atoms with E-state index in [1.165, 1.54) is 6.42 Å². The van der Waals surface area contributed by atoms with Gasteiger partial charge in [0.25, 0.3) is 0 Å². The number of hydrogen-bond donors (Lipinski definition) is 2. The van der Waals surface area contributed by atoms with E-state index in [0.29, 0.717) is 0 Å². The number of rotatable bonds is 6. The first kappa shape index (κ1) is 11.9. The van der Waals surface area contributed by atoms with Gasteiger partial charge in [-0.05, 0) is 19.4 Å². The van der Waals surface area contributed by atoms with Crippen LogP contribution in [-0.2, 0) is 13.5 Å². The number of aromatic amines is 1. The minimum Gasteiger partial charge on any atom is -0.342 e. The van der Waals surface area contributed by atoms with Gasteiger partial charge in [0.1, 0.15) is 5.82 Å². The average Bonchev–Trinajstić information content (AvgIpc) is 2.93. The molecule has 2 rings (SSSR count). The summed E-state index contributed by atoms with van der Waals surface area (Å²) in [5.74, 6) is 1.04. The number of aromatic nitrogens is 4. The highest BCUT2D eigenvalue weighted by Crippen LogP contribution is 2.16. The SMILES string of the molecule is Cn1cc(-c2cnc(CCCCCN)[nH]2)cn1. The molecule has 0 unspecified atom stereocenters. The van der Waals surface area contributed by atoms with Crippen LogP contribution in [0.25, 0.3) is 11.3 Å². The number of aryl methyl sites for hydroxylation is 2. The van der Waals surface area contributed by atoms with E-state index in [4.69, 9.17) is 5.73 Å². The maximum absolute atomic E-state index is 5.46. The van der Waals surface area contributed by atoms with Crippen molar-refractivity contribution in [1.29, 1.82) is 0 Å².